The van der Waals surface area contributed by atoms with E-state index < -0.39 is 0 Å². The summed E-state index contributed by atoms with van der Waals surface area (Å²) >= 11 is 0. The van der Waals surface area contributed by atoms with Crippen molar-refractivity contribution in [3.63, 3.8) is 0 Å². The van der Waals surface area contributed by atoms with Crippen molar-refractivity contribution in [2.75, 3.05) is 0 Å². The predicted molar refractivity (Wildman–Crippen MR) is 177 cm³/mol. The molecule has 3 nitrogen and oxygen atoms in total. The molecule has 43 heavy (non-hydrogen) atoms. The zero-order chi connectivity index (χ0) is 29.0. The maximum Gasteiger partial charge on any atom is 0.160 e. The first-order valence-electron chi connectivity index (χ1n) is 14.7. The zero-order valence-corrected chi connectivity index (χ0v) is 24.1. The van der Waals surface area contributed by atoms with Crippen molar-refractivity contribution in [3.8, 4) is 56.3 Å². The summed E-state index contributed by atoms with van der Waals surface area (Å²) in [6.07, 6.45) is 1.83. The summed E-state index contributed by atoms with van der Waals surface area (Å²) in [6.45, 7) is 4.67. The monoisotopic (exact) mass is 551 g/mol. The van der Waals surface area contributed by atoms with E-state index in [4.69, 9.17) is 9.97 Å². The fourth-order valence-electron chi connectivity index (χ4n) is 6.48. The van der Waals surface area contributed by atoms with Gasteiger partial charge in [0.2, 0.25) is 0 Å². The van der Waals surface area contributed by atoms with Gasteiger partial charge in [-0.15, -0.1) is 0 Å². The van der Waals surface area contributed by atoms with Crippen LogP contribution in [0.2, 0.25) is 0 Å². The molecule has 0 bridgehead atoms. The van der Waals surface area contributed by atoms with Gasteiger partial charge in [0.15, 0.2) is 5.82 Å². The lowest BCUT2D eigenvalue weighted by molar-refractivity contribution is 0.661. The molecule has 1 aliphatic rings. The molecule has 0 atom stereocenters. The highest BCUT2D eigenvalue weighted by molar-refractivity contribution is 5.98. The van der Waals surface area contributed by atoms with Crippen LogP contribution in [0.3, 0.4) is 0 Å². The maximum absolute atomic E-state index is 5.20. The minimum absolute atomic E-state index is 0.121. The van der Waals surface area contributed by atoms with Gasteiger partial charge in [-0.2, -0.15) is 0 Å². The number of hydrogen-bond acceptors (Lipinski definition) is 3. The quantitative estimate of drug-likeness (QED) is 0.218. The second-order valence-electron chi connectivity index (χ2n) is 11.7. The van der Waals surface area contributed by atoms with Crippen molar-refractivity contribution in [2.24, 2.45) is 0 Å². The number of benzene rings is 5. The molecule has 204 valence electrons. The van der Waals surface area contributed by atoms with Crippen molar-refractivity contribution >= 4 is 10.8 Å². The molecule has 3 heteroatoms. The Labute approximate surface area is 251 Å². The van der Waals surface area contributed by atoms with Gasteiger partial charge in [-0.25, -0.2) is 9.97 Å². The van der Waals surface area contributed by atoms with E-state index in [9.17, 15) is 0 Å². The number of nitrogens with zero attached hydrogens (tertiary/aromatic N) is 3. The average molecular weight is 552 g/mol. The van der Waals surface area contributed by atoms with Gasteiger partial charge in [0.1, 0.15) is 0 Å². The van der Waals surface area contributed by atoms with Crippen LogP contribution in [0.15, 0.2) is 140 Å². The Balaban J connectivity index is 1.33. The van der Waals surface area contributed by atoms with Gasteiger partial charge in [-0.3, -0.25) is 4.98 Å². The third-order valence-corrected chi connectivity index (χ3v) is 8.74. The fraction of sp³-hybridized carbons (Fsp3) is 0.0750. The number of rotatable bonds is 4. The highest BCUT2D eigenvalue weighted by Gasteiger charge is 2.37. The van der Waals surface area contributed by atoms with Gasteiger partial charge in [0, 0.05) is 33.9 Å². The van der Waals surface area contributed by atoms with E-state index in [1.165, 1.54) is 33.0 Å². The van der Waals surface area contributed by atoms with Crippen molar-refractivity contribution in [2.45, 2.75) is 19.3 Å². The van der Waals surface area contributed by atoms with Gasteiger partial charge in [-0.1, -0.05) is 117 Å². The first-order chi connectivity index (χ1) is 21.1. The summed E-state index contributed by atoms with van der Waals surface area (Å²) in [5.74, 6) is 0.718. The predicted octanol–water partition coefficient (Wildman–Crippen LogP) is 10.00. The van der Waals surface area contributed by atoms with E-state index in [0.29, 0.717) is 0 Å². The van der Waals surface area contributed by atoms with Crippen LogP contribution in [0.4, 0.5) is 0 Å². The summed E-state index contributed by atoms with van der Waals surface area (Å²) < 4.78 is 0. The summed E-state index contributed by atoms with van der Waals surface area (Å²) in [4.78, 5) is 14.8. The Morgan fingerprint density at radius 2 is 1.14 bits per heavy atom. The molecular weight excluding hydrogens is 522 g/mol. The van der Waals surface area contributed by atoms with Crippen LogP contribution in [0.25, 0.3) is 67.1 Å². The molecule has 0 amide bonds. The standard InChI is InChI=1S/C40H29N3/c1-40(2)33-16-10-15-31(38(33)32-23-29-13-6-7-14-30(29)24-34(32)40)37-25-36(42-39(43-37)28-11-4-3-5-12-28)27-20-18-26(19-21-27)35-17-8-9-22-41-35/h3-25H,1-2H3. The fourth-order valence-corrected chi connectivity index (χ4v) is 6.48. The lowest BCUT2D eigenvalue weighted by Gasteiger charge is -2.22. The second kappa shape index (κ2) is 9.85. The van der Waals surface area contributed by atoms with E-state index in [2.05, 4.69) is 116 Å². The van der Waals surface area contributed by atoms with Crippen molar-refractivity contribution < 1.29 is 0 Å². The molecule has 0 saturated heterocycles. The van der Waals surface area contributed by atoms with Gasteiger partial charge in [0.25, 0.3) is 0 Å². The molecule has 0 N–H and O–H groups in total. The lowest BCUT2D eigenvalue weighted by atomic mass is 9.81. The van der Waals surface area contributed by atoms with Crippen LogP contribution in [0.1, 0.15) is 25.0 Å². The van der Waals surface area contributed by atoms with Crippen LogP contribution >= 0.6 is 0 Å². The molecule has 2 aromatic heterocycles. The molecule has 0 spiro atoms. The average Bonchev–Trinajstić information content (AvgIpc) is 3.30. The van der Waals surface area contributed by atoms with Crippen LogP contribution in [-0.4, -0.2) is 15.0 Å². The first kappa shape index (κ1) is 25.3. The third-order valence-electron chi connectivity index (χ3n) is 8.74. The number of aromatic nitrogens is 3. The molecule has 2 heterocycles. The molecule has 8 rings (SSSR count). The van der Waals surface area contributed by atoms with E-state index >= 15 is 0 Å². The van der Waals surface area contributed by atoms with Gasteiger partial charge in [-0.05, 0) is 63.4 Å². The molecule has 0 fully saturated rings. The van der Waals surface area contributed by atoms with Crippen LogP contribution in [0.5, 0.6) is 0 Å². The number of pyridine rings is 1. The summed E-state index contributed by atoms with van der Waals surface area (Å²) in [5, 5.41) is 2.52. The Morgan fingerprint density at radius 1 is 0.465 bits per heavy atom. The first-order valence-corrected chi connectivity index (χ1v) is 14.7. The van der Waals surface area contributed by atoms with E-state index in [-0.39, 0.29) is 5.41 Å². The molecule has 0 radical (unpaired) electrons. The minimum atomic E-state index is -0.121. The summed E-state index contributed by atoms with van der Waals surface area (Å²) in [5.41, 5.74) is 12.1. The highest BCUT2D eigenvalue weighted by atomic mass is 14.9. The number of hydrogen-bond donors (Lipinski definition) is 0. The summed E-state index contributed by atoms with van der Waals surface area (Å²) in [7, 11) is 0. The molecule has 1 aliphatic carbocycles. The molecule has 0 unspecified atom stereocenters. The zero-order valence-electron chi connectivity index (χ0n) is 24.1. The van der Waals surface area contributed by atoms with E-state index in [1.54, 1.807) is 0 Å². The van der Waals surface area contributed by atoms with Gasteiger partial charge >= 0.3 is 0 Å². The summed E-state index contributed by atoms with van der Waals surface area (Å²) in [6, 6.07) is 46.9. The Morgan fingerprint density at radius 3 is 1.88 bits per heavy atom. The third kappa shape index (κ3) is 4.24. The maximum atomic E-state index is 5.20. The molecule has 0 saturated carbocycles. The smallest absolute Gasteiger partial charge is 0.160 e. The molecule has 7 aromatic rings. The normalized spacial score (nSPS) is 13.1. The Bertz CT molecular complexity index is 2130. The Hall–Kier alpha value is -5.41. The van der Waals surface area contributed by atoms with Crippen LogP contribution in [-0.2, 0) is 5.41 Å². The highest BCUT2D eigenvalue weighted by Crippen LogP contribution is 2.53. The van der Waals surface area contributed by atoms with Crippen LogP contribution in [0, 0.1) is 0 Å². The number of fused-ring (bicyclic) bond motifs is 4. The van der Waals surface area contributed by atoms with Crippen molar-refractivity contribution in [1.82, 2.24) is 15.0 Å². The van der Waals surface area contributed by atoms with Gasteiger partial charge < -0.3 is 0 Å². The molecule has 5 aromatic carbocycles. The van der Waals surface area contributed by atoms with Crippen molar-refractivity contribution in [3.05, 3.63) is 151 Å². The SMILES string of the molecule is CC1(C)c2cc3ccccc3cc2-c2c(-c3cc(-c4ccc(-c5ccccn5)cc4)nc(-c4ccccc4)n3)cccc21. The Kier molecular flexibility index (Phi) is 5.80. The topological polar surface area (TPSA) is 38.7 Å². The second-order valence-corrected chi connectivity index (χ2v) is 11.7. The minimum Gasteiger partial charge on any atom is -0.256 e. The van der Waals surface area contributed by atoms with Crippen LogP contribution < -0.4 is 0 Å². The van der Waals surface area contributed by atoms with Crippen molar-refractivity contribution in [1.29, 1.82) is 0 Å². The van der Waals surface area contributed by atoms with E-state index in [0.717, 1.165) is 45.2 Å². The molecule has 0 aliphatic heterocycles. The lowest BCUT2D eigenvalue weighted by Crippen LogP contribution is -2.14. The van der Waals surface area contributed by atoms with E-state index in [1.807, 2.05) is 42.6 Å². The van der Waals surface area contributed by atoms with Gasteiger partial charge in [0.05, 0.1) is 17.1 Å². The molecular formula is C40H29N3. The largest absolute Gasteiger partial charge is 0.256 e.